The average molecular weight is 399 g/mol. The molecule has 2 aromatic carbocycles. The fourth-order valence-corrected chi connectivity index (χ4v) is 4.02. The van der Waals surface area contributed by atoms with Crippen molar-refractivity contribution in [2.24, 2.45) is 5.92 Å². The van der Waals surface area contributed by atoms with Crippen molar-refractivity contribution in [1.82, 2.24) is 4.90 Å². The summed E-state index contributed by atoms with van der Waals surface area (Å²) in [6, 6.07) is 13.9. The lowest BCUT2D eigenvalue weighted by atomic mass is 9.90. The molecule has 0 saturated carbocycles. The van der Waals surface area contributed by atoms with Crippen LogP contribution in [0.15, 0.2) is 42.5 Å². The van der Waals surface area contributed by atoms with Crippen molar-refractivity contribution in [3.05, 3.63) is 53.6 Å². The molecule has 1 saturated heterocycles. The first-order chi connectivity index (χ1) is 14.1. The summed E-state index contributed by atoms with van der Waals surface area (Å²) in [6.07, 6.45) is 1.27. The molecule has 1 unspecified atom stereocenters. The van der Waals surface area contributed by atoms with Crippen LogP contribution in [-0.4, -0.2) is 49.9 Å². The van der Waals surface area contributed by atoms with E-state index in [4.69, 9.17) is 14.2 Å². The number of hydrogen-bond acceptors (Lipinski definition) is 5. The van der Waals surface area contributed by atoms with Gasteiger partial charge in [0.1, 0.15) is 5.75 Å². The lowest BCUT2D eigenvalue weighted by molar-refractivity contribution is -0.143. The normalized spacial score (nSPS) is 16.2. The summed E-state index contributed by atoms with van der Waals surface area (Å²) in [7, 11) is 3.30. The smallest absolute Gasteiger partial charge is 0.306 e. The van der Waals surface area contributed by atoms with Gasteiger partial charge in [0, 0.05) is 5.56 Å². The minimum absolute atomic E-state index is 0.0639. The van der Waals surface area contributed by atoms with Crippen molar-refractivity contribution in [3.8, 4) is 17.2 Å². The van der Waals surface area contributed by atoms with Crippen LogP contribution >= 0.6 is 0 Å². The number of piperidine rings is 1. The monoisotopic (exact) mass is 399 g/mol. The molecule has 1 heterocycles. The number of para-hydroxylation sites is 1. The lowest BCUT2D eigenvalue weighted by Gasteiger charge is -2.37. The highest BCUT2D eigenvalue weighted by molar-refractivity contribution is 5.70. The van der Waals surface area contributed by atoms with E-state index in [0.29, 0.717) is 44.0 Å². The van der Waals surface area contributed by atoms with Crippen molar-refractivity contribution in [3.63, 3.8) is 0 Å². The highest BCUT2D eigenvalue weighted by Gasteiger charge is 2.32. The Labute approximate surface area is 172 Å². The topological polar surface area (TPSA) is 68.2 Å². The largest absolute Gasteiger partial charge is 0.496 e. The van der Waals surface area contributed by atoms with E-state index in [1.165, 1.54) is 0 Å². The van der Waals surface area contributed by atoms with Crippen LogP contribution in [0, 0.1) is 5.92 Å². The predicted octanol–water partition coefficient (Wildman–Crippen LogP) is 3.99. The average Bonchev–Trinajstić information content (AvgIpc) is 2.75. The molecule has 1 aliphatic heterocycles. The maximum Gasteiger partial charge on any atom is 0.306 e. The Kier molecular flexibility index (Phi) is 6.99. The highest BCUT2D eigenvalue weighted by Crippen LogP contribution is 2.40. The van der Waals surface area contributed by atoms with E-state index < -0.39 is 5.97 Å². The van der Waals surface area contributed by atoms with E-state index in [1.807, 2.05) is 43.3 Å². The molecule has 0 aromatic heterocycles. The van der Waals surface area contributed by atoms with Crippen molar-refractivity contribution < 1.29 is 24.1 Å². The Bertz CT molecular complexity index is 830. The molecule has 1 atom stereocenters. The van der Waals surface area contributed by atoms with Crippen LogP contribution in [-0.2, 0) is 4.79 Å². The summed E-state index contributed by atoms with van der Waals surface area (Å²) in [5, 5.41) is 9.36. The van der Waals surface area contributed by atoms with Crippen LogP contribution in [0.3, 0.4) is 0 Å². The van der Waals surface area contributed by atoms with E-state index in [-0.39, 0.29) is 12.0 Å². The lowest BCUT2D eigenvalue weighted by Crippen LogP contribution is -2.39. The molecule has 1 fully saturated rings. The van der Waals surface area contributed by atoms with Crippen LogP contribution in [0.25, 0.3) is 0 Å². The highest BCUT2D eigenvalue weighted by atomic mass is 16.5. The van der Waals surface area contributed by atoms with Gasteiger partial charge in [-0.1, -0.05) is 24.3 Å². The molecule has 3 rings (SSSR count). The van der Waals surface area contributed by atoms with Gasteiger partial charge in [0.15, 0.2) is 11.5 Å². The molecule has 1 aliphatic rings. The Morgan fingerprint density at radius 3 is 2.38 bits per heavy atom. The van der Waals surface area contributed by atoms with Crippen molar-refractivity contribution in [2.45, 2.75) is 25.8 Å². The zero-order valence-corrected chi connectivity index (χ0v) is 17.3. The number of carbonyl (C=O) groups is 1. The standard InChI is InChI=1S/C23H29NO5/c1-4-29-21-15-17(9-10-20(21)28-3)22(18-7-5-6-8-19(18)27-2)24-13-11-16(12-14-24)23(25)26/h5-10,15-16,22H,4,11-14H2,1-3H3,(H,25,26). The van der Waals surface area contributed by atoms with Gasteiger partial charge in [0.25, 0.3) is 0 Å². The number of likely N-dealkylation sites (tertiary alicyclic amines) is 1. The van der Waals surface area contributed by atoms with Gasteiger partial charge in [-0.2, -0.15) is 0 Å². The molecular weight excluding hydrogens is 370 g/mol. The minimum atomic E-state index is -0.707. The Morgan fingerprint density at radius 1 is 1.07 bits per heavy atom. The van der Waals surface area contributed by atoms with Crippen LogP contribution in [0.5, 0.6) is 17.2 Å². The summed E-state index contributed by atoms with van der Waals surface area (Å²) in [6.45, 7) is 3.90. The van der Waals surface area contributed by atoms with E-state index in [0.717, 1.165) is 16.9 Å². The molecule has 156 valence electrons. The minimum Gasteiger partial charge on any atom is -0.496 e. The summed E-state index contributed by atoms with van der Waals surface area (Å²) in [5.41, 5.74) is 2.11. The van der Waals surface area contributed by atoms with Crippen LogP contribution in [0.4, 0.5) is 0 Å². The number of carboxylic acids is 1. The van der Waals surface area contributed by atoms with Crippen LogP contribution in [0.1, 0.15) is 36.9 Å². The third kappa shape index (κ3) is 4.65. The third-order valence-electron chi connectivity index (χ3n) is 5.48. The zero-order valence-electron chi connectivity index (χ0n) is 17.3. The molecule has 6 heteroatoms. The van der Waals surface area contributed by atoms with Gasteiger partial charge in [-0.25, -0.2) is 0 Å². The van der Waals surface area contributed by atoms with E-state index in [9.17, 15) is 9.90 Å². The molecule has 0 radical (unpaired) electrons. The first-order valence-electron chi connectivity index (χ1n) is 9.99. The molecule has 2 aromatic rings. The number of rotatable bonds is 8. The fourth-order valence-electron chi connectivity index (χ4n) is 4.02. The number of hydrogen-bond donors (Lipinski definition) is 1. The SMILES string of the molecule is CCOc1cc(C(c2ccccc2OC)N2CCC(C(=O)O)CC2)ccc1OC. The van der Waals surface area contributed by atoms with Crippen molar-refractivity contribution >= 4 is 5.97 Å². The number of aliphatic carboxylic acids is 1. The second-order valence-electron chi connectivity index (χ2n) is 7.14. The second kappa shape index (κ2) is 9.65. The first-order valence-corrected chi connectivity index (χ1v) is 9.99. The van der Waals surface area contributed by atoms with Gasteiger partial charge in [0.2, 0.25) is 0 Å². The number of carboxylic acid groups (broad SMARTS) is 1. The summed E-state index contributed by atoms with van der Waals surface area (Å²) in [5.74, 6) is 1.22. The summed E-state index contributed by atoms with van der Waals surface area (Å²) in [4.78, 5) is 13.7. The molecule has 1 N–H and O–H groups in total. The van der Waals surface area contributed by atoms with Gasteiger partial charge in [-0.3, -0.25) is 9.69 Å². The van der Waals surface area contributed by atoms with E-state index >= 15 is 0 Å². The third-order valence-corrected chi connectivity index (χ3v) is 5.48. The molecule has 0 aliphatic carbocycles. The molecule has 0 bridgehead atoms. The van der Waals surface area contributed by atoms with Crippen LogP contribution < -0.4 is 14.2 Å². The molecule has 29 heavy (non-hydrogen) atoms. The van der Waals surface area contributed by atoms with Gasteiger partial charge < -0.3 is 19.3 Å². The van der Waals surface area contributed by atoms with Gasteiger partial charge in [0.05, 0.1) is 32.8 Å². The van der Waals surface area contributed by atoms with E-state index in [2.05, 4.69) is 11.0 Å². The zero-order chi connectivity index (χ0) is 20.8. The Morgan fingerprint density at radius 2 is 1.76 bits per heavy atom. The predicted molar refractivity (Wildman–Crippen MR) is 111 cm³/mol. The molecule has 6 nitrogen and oxygen atoms in total. The van der Waals surface area contributed by atoms with Crippen molar-refractivity contribution in [2.75, 3.05) is 33.9 Å². The number of ether oxygens (including phenoxy) is 3. The number of benzene rings is 2. The Hall–Kier alpha value is -2.73. The van der Waals surface area contributed by atoms with Gasteiger partial charge in [-0.15, -0.1) is 0 Å². The van der Waals surface area contributed by atoms with E-state index in [1.54, 1.807) is 14.2 Å². The first kappa shape index (κ1) is 21.0. The fraction of sp³-hybridized carbons (Fsp3) is 0.435. The van der Waals surface area contributed by atoms with Gasteiger partial charge >= 0.3 is 5.97 Å². The molecule has 0 spiro atoms. The van der Waals surface area contributed by atoms with Crippen molar-refractivity contribution in [1.29, 1.82) is 0 Å². The maximum atomic E-state index is 11.4. The second-order valence-corrected chi connectivity index (χ2v) is 7.14. The molecular formula is C23H29NO5. The van der Waals surface area contributed by atoms with Gasteiger partial charge in [-0.05, 0) is 56.6 Å². The summed E-state index contributed by atoms with van der Waals surface area (Å²) < 4.78 is 16.9. The maximum absolute atomic E-state index is 11.4. The molecule has 0 amide bonds. The quantitative estimate of drug-likeness (QED) is 0.724. The number of methoxy groups -OCH3 is 2. The Balaban J connectivity index is 2.02. The van der Waals surface area contributed by atoms with Crippen LogP contribution in [0.2, 0.25) is 0 Å². The number of nitrogens with zero attached hydrogens (tertiary/aromatic N) is 1. The summed E-state index contributed by atoms with van der Waals surface area (Å²) >= 11 is 0.